The van der Waals surface area contributed by atoms with Gasteiger partial charge in [0.2, 0.25) is 11.8 Å². The van der Waals surface area contributed by atoms with Crippen molar-refractivity contribution in [1.29, 1.82) is 0 Å². The van der Waals surface area contributed by atoms with Crippen LogP contribution in [0.5, 0.6) is 0 Å². The van der Waals surface area contributed by atoms with Crippen molar-refractivity contribution in [3.8, 4) is 0 Å². The minimum absolute atomic E-state index is 0.0258. The third-order valence-electron chi connectivity index (χ3n) is 3.36. The largest absolute Gasteiger partial charge is 0.360 e. The molecular formula is C14H21N3O3. The van der Waals surface area contributed by atoms with Gasteiger partial charge in [0.15, 0.2) is 5.82 Å². The fraction of sp³-hybridized carbons (Fsp3) is 0.643. The first kappa shape index (κ1) is 14.6. The molecule has 0 saturated heterocycles. The smallest absolute Gasteiger partial charge is 0.229 e. The van der Waals surface area contributed by atoms with Gasteiger partial charge in [-0.05, 0) is 25.7 Å². The summed E-state index contributed by atoms with van der Waals surface area (Å²) in [6, 6.07) is 1.65. The molecule has 6 nitrogen and oxygen atoms in total. The molecule has 1 aliphatic rings. The molecule has 0 aliphatic heterocycles. The van der Waals surface area contributed by atoms with E-state index in [0.29, 0.717) is 30.5 Å². The number of hydrogen-bond acceptors (Lipinski definition) is 4. The topological polar surface area (TPSA) is 84.2 Å². The van der Waals surface area contributed by atoms with Crippen LogP contribution in [0.1, 0.15) is 32.4 Å². The Morgan fingerprint density at radius 3 is 2.70 bits per heavy atom. The fourth-order valence-electron chi connectivity index (χ4n) is 2.03. The third-order valence-corrected chi connectivity index (χ3v) is 3.36. The lowest BCUT2D eigenvalue weighted by atomic mass is 10.1. The van der Waals surface area contributed by atoms with Gasteiger partial charge in [-0.2, -0.15) is 0 Å². The number of hydrogen-bond donors (Lipinski definition) is 2. The second-order valence-corrected chi connectivity index (χ2v) is 5.73. The van der Waals surface area contributed by atoms with E-state index in [9.17, 15) is 9.59 Å². The van der Waals surface area contributed by atoms with E-state index in [0.717, 1.165) is 6.42 Å². The van der Waals surface area contributed by atoms with Crippen LogP contribution in [0, 0.1) is 24.7 Å². The van der Waals surface area contributed by atoms with Crippen LogP contribution in [-0.4, -0.2) is 23.5 Å². The molecule has 0 spiro atoms. The van der Waals surface area contributed by atoms with Crippen LogP contribution < -0.4 is 10.6 Å². The van der Waals surface area contributed by atoms with E-state index in [-0.39, 0.29) is 23.7 Å². The molecule has 0 aromatic carbocycles. The van der Waals surface area contributed by atoms with Crippen molar-refractivity contribution in [3.63, 3.8) is 0 Å². The minimum Gasteiger partial charge on any atom is -0.360 e. The first-order valence-electron chi connectivity index (χ1n) is 6.99. The lowest BCUT2D eigenvalue weighted by Crippen LogP contribution is -2.28. The molecule has 1 saturated carbocycles. The standard InChI is InChI=1S/C14H21N3O3/c1-8(2)4-5-15-13(18)10-7-11(10)14(19)16-12-6-9(3)20-17-12/h6,8,10-11H,4-5,7H2,1-3H3,(H,15,18)(H,16,17,19). The van der Waals surface area contributed by atoms with Crippen molar-refractivity contribution in [1.82, 2.24) is 10.5 Å². The molecule has 2 amide bonds. The number of carbonyl (C=O) groups is 2. The number of aromatic nitrogens is 1. The molecule has 1 fully saturated rings. The monoisotopic (exact) mass is 279 g/mol. The highest BCUT2D eigenvalue weighted by Gasteiger charge is 2.48. The number of carbonyl (C=O) groups excluding carboxylic acids is 2. The lowest BCUT2D eigenvalue weighted by Gasteiger charge is -2.06. The van der Waals surface area contributed by atoms with E-state index in [1.165, 1.54) is 0 Å². The maximum absolute atomic E-state index is 11.9. The van der Waals surface area contributed by atoms with E-state index >= 15 is 0 Å². The zero-order chi connectivity index (χ0) is 14.7. The van der Waals surface area contributed by atoms with Gasteiger partial charge in [-0.3, -0.25) is 9.59 Å². The van der Waals surface area contributed by atoms with Crippen LogP contribution >= 0.6 is 0 Å². The lowest BCUT2D eigenvalue weighted by molar-refractivity contribution is -0.125. The van der Waals surface area contributed by atoms with Crippen LogP contribution in [0.25, 0.3) is 0 Å². The molecule has 1 aliphatic carbocycles. The quantitative estimate of drug-likeness (QED) is 0.830. The van der Waals surface area contributed by atoms with Gasteiger partial charge in [-0.1, -0.05) is 19.0 Å². The number of aryl methyl sites for hydroxylation is 1. The number of rotatable bonds is 6. The van der Waals surface area contributed by atoms with Crippen LogP contribution in [0.3, 0.4) is 0 Å². The first-order valence-corrected chi connectivity index (χ1v) is 6.99. The van der Waals surface area contributed by atoms with E-state index in [4.69, 9.17) is 4.52 Å². The van der Waals surface area contributed by atoms with E-state index in [1.54, 1.807) is 13.0 Å². The van der Waals surface area contributed by atoms with Crippen LogP contribution in [0.4, 0.5) is 5.82 Å². The van der Waals surface area contributed by atoms with E-state index in [1.807, 2.05) is 0 Å². The zero-order valence-electron chi connectivity index (χ0n) is 12.1. The molecule has 2 atom stereocenters. The van der Waals surface area contributed by atoms with Crippen molar-refractivity contribution in [2.24, 2.45) is 17.8 Å². The summed E-state index contributed by atoms with van der Waals surface area (Å²) in [5, 5.41) is 9.23. The Bertz CT molecular complexity index is 496. The molecule has 110 valence electrons. The maximum atomic E-state index is 11.9. The summed E-state index contributed by atoms with van der Waals surface area (Å²) in [5.74, 6) is 0.965. The van der Waals surface area contributed by atoms with Gasteiger partial charge in [0.25, 0.3) is 0 Å². The summed E-state index contributed by atoms with van der Waals surface area (Å²) in [7, 11) is 0. The van der Waals surface area contributed by atoms with E-state index < -0.39 is 0 Å². The summed E-state index contributed by atoms with van der Waals surface area (Å²) in [6.07, 6.45) is 1.56. The Balaban J connectivity index is 1.73. The molecule has 0 bridgehead atoms. The Hall–Kier alpha value is -1.85. The molecule has 1 aromatic rings. The van der Waals surface area contributed by atoms with Gasteiger partial charge in [-0.15, -0.1) is 0 Å². The summed E-state index contributed by atoms with van der Waals surface area (Å²) < 4.78 is 4.87. The summed E-state index contributed by atoms with van der Waals surface area (Å²) in [6.45, 7) is 6.65. The Labute approximate surface area is 118 Å². The predicted molar refractivity (Wildman–Crippen MR) is 73.9 cm³/mol. The van der Waals surface area contributed by atoms with Crippen molar-refractivity contribution in [2.45, 2.75) is 33.6 Å². The van der Waals surface area contributed by atoms with Crippen LogP contribution in [0.15, 0.2) is 10.6 Å². The van der Waals surface area contributed by atoms with Gasteiger partial charge in [0, 0.05) is 12.6 Å². The van der Waals surface area contributed by atoms with E-state index in [2.05, 4.69) is 29.6 Å². The van der Waals surface area contributed by atoms with Crippen molar-refractivity contribution in [2.75, 3.05) is 11.9 Å². The third kappa shape index (κ3) is 3.82. The second-order valence-electron chi connectivity index (χ2n) is 5.73. The molecule has 6 heteroatoms. The Kier molecular flexibility index (Phi) is 4.42. The molecule has 2 unspecified atom stereocenters. The number of anilines is 1. The van der Waals surface area contributed by atoms with Gasteiger partial charge in [0.1, 0.15) is 5.76 Å². The highest BCUT2D eigenvalue weighted by atomic mass is 16.5. The highest BCUT2D eigenvalue weighted by Crippen LogP contribution is 2.39. The van der Waals surface area contributed by atoms with Gasteiger partial charge in [-0.25, -0.2) is 0 Å². The average Bonchev–Trinajstić information content (AvgIpc) is 3.07. The molecular weight excluding hydrogens is 258 g/mol. The van der Waals surface area contributed by atoms with Gasteiger partial charge >= 0.3 is 0 Å². The Morgan fingerprint density at radius 1 is 1.40 bits per heavy atom. The van der Waals surface area contributed by atoms with Crippen molar-refractivity contribution >= 4 is 17.6 Å². The first-order chi connectivity index (χ1) is 9.47. The van der Waals surface area contributed by atoms with Gasteiger partial charge < -0.3 is 15.2 Å². The number of amides is 2. The SMILES string of the molecule is Cc1cc(NC(=O)C2CC2C(=O)NCCC(C)C)no1. The molecule has 20 heavy (non-hydrogen) atoms. The van der Waals surface area contributed by atoms with Crippen molar-refractivity contribution in [3.05, 3.63) is 11.8 Å². The zero-order valence-corrected chi connectivity index (χ0v) is 12.1. The maximum Gasteiger partial charge on any atom is 0.229 e. The molecule has 2 rings (SSSR count). The average molecular weight is 279 g/mol. The highest BCUT2D eigenvalue weighted by molar-refractivity contribution is 5.98. The minimum atomic E-state index is -0.244. The molecule has 1 aromatic heterocycles. The van der Waals surface area contributed by atoms with Crippen LogP contribution in [-0.2, 0) is 9.59 Å². The van der Waals surface area contributed by atoms with Crippen molar-refractivity contribution < 1.29 is 14.1 Å². The number of nitrogens with one attached hydrogen (secondary N) is 2. The Morgan fingerprint density at radius 2 is 2.10 bits per heavy atom. The second kappa shape index (κ2) is 6.07. The normalized spacial score (nSPS) is 20.8. The van der Waals surface area contributed by atoms with Gasteiger partial charge in [0.05, 0.1) is 11.8 Å². The summed E-state index contributed by atoms with van der Waals surface area (Å²) >= 11 is 0. The predicted octanol–water partition coefficient (Wildman–Crippen LogP) is 1.72. The molecule has 2 N–H and O–H groups in total. The van der Waals surface area contributed by atoms with Crippen LogP contribution in [0.2, 0.25) is 0 Å². The molecule has 0 radical (unpaired) electrons. The number of nitrogens with zero attached hydrogens (tertiary/aromatic N) is 1. The summed E-state index contributed by atoms with van der Waals surface area (Å²) in [4.78, 5) is 23.7. The summed E-state index contributed by atoms with van der Waals surface area (Å²) in [5.41, 5.74) is 0. The molecule has 1 heterocycles. The fourth-order valence-corrected chi connectivity index (χ4v) is 2.03.